The fourth-order valence-electron chi connectivity index (χ4n) is 1.26. The summed E-state index contributed by atoms with van der Waals surface area (Å²) in [5.41, 5.74) is 1.83. The summed E-state index contributed by atoms with van der Waals surface area (Å²) in [6, 6.07) is 0. The number of nitrogens with one attached hydrogen (secondary N) is 1. The maximum atomic E-state index is 11.1. The summed E-state index contributed by atoms with van der Waals surface area (Å²) in [5, 5.41) is 11.2. The quantitative estimate of drug-likeness (QED) is 0.819. The number of ether oxygens (including phenoxy) is 1. The molecule has 0 amide bonds. The van der Waals surface area contributed by atoms with E-state index in [4.69, 9.17) is 16.3 Å². The van der Waals surface area contributed by atoms with Gasteiger partial charge in [0.2, 0.25) is 0 Å². The van der Waals surface area contributed by atoms with E-state index in [-0.39, 0.29) is 5.97 Å². The lowest BCUT2D eigenvalue weighted by Crippen LogP contribution is -2.13. The maximum Gasteiger partial charge on any atom is 0.307 e. The van der Waals surface area contributed by atoms with Crippen LogP contribution in [0.15, 0.2) is 0 Å². The van der Waals surface area contributed by atoms with E-state index in [0.29, 0.717) is 30.5 Å². The minimum absolute atomic E-state index is 0.226. The van der Waals surface area contributed by atoms with Crippen molar-refractivity contribution in [3.8, 4) is 0 Å². The summed E-state index contributed by atoms with van der Waals surface area (Å²) in [6.07, 6.45) is 0.302. The molecular weight excluding hydrogens is 242 g/mol. The van der Waals surface area contributed by atoms with Crippen LogP contribution in [0.5, 0.6) is 0 Å². The number of anilines is 1. The summed E-state index contributed by atoms with van der Waals surface area (Å²) in [7, 11) is 0. The molecule has 0 spiro atoms. The molecular formula is C11H16ClN3O2. The van der Waals surface area contributed by atoms with Gasteiger partial charge in [-0.2, -0.15) is 0 Å². The summed E-state index contributed by atoms with van der Waals surface area (Å²) in [5.74, 6) is 0.424. The third kappa shape index (κ3) is 3.85. The van der Waals surface area contributed by atoms with E-state index >= 15 is 0 Å². The number of hydrogen-bond donors (Lipinski definition) is 1. The van der Waals surface area contributed by atoms with Gasteiger partial charge in [-0.3, -0.25) is 4.79 Å². The predicted molar refractivity (Wildman–Crippen MR) is 66.3 cm³/mol. The van der Waals surface area contributed by atoms with E-state index in [1.165, 1.54) is 0 Å². The van der Waals surface area contributed by atoms with Gasteiger partial charge in [0.15, 0.2) is 11.0 Å². The first kappa shape index (κ1) is 13.7. The molecule has 94 valence electrons. The fourth-order valence-corrected chi connectivity index (χ4v) is 1.44. The molecule has 0 fully saturated rings. The normalized spacial score (nSPS) is 10.1. The second kappa shape index (κ2) is 6.39. The monoisotopic (exact) mass is 257 g/mol. The van der Waals surface area contributed by atoms with E-state index in [9.17, 15) is 4.79 Å². The number of rotatable bonds is 5. The molecule has 5 nitrogen and oxygen atoms in total. The van der Waals surface area contributed by atoms with E-state index < -0.39 is 0 Å². The highest BCUT2D eigenvalue weighted by Crippen LogP contribution is 2.20. The van der Waals surface area contributed by atoms with E-state index in [1.807, 2.05) is 13.8 Å². The van der Waals surface area contributed by atoms with Crippen LogP contribution < -0.4 is 5.32 Å². The number of aromatic nitrogens is 2. The van der Waals surface area contributed by atoms with Crippen molar-refractivity contribution in [2.75, 3.05) is 18.5 Å². The lowest BCUT2D eigenvalue weighted by Gasteiger charge is -2.09. The van der Waals surface area contributed by atoms with Crippen molar-refractivity contribution >= 4 is 23.4 Å². The number of carbonyl (C=O) groups excluding carboxylic acids is 1. The van der Waals surface area contributed by atoms with Crippen molar-refractivity contribution < 1.29 is 9.53 Å². The number of nitrogens with zero attached hydrogens (tertiary/aromatic N) is 2. The van der Waals surface area contributed by atoms with E-state index in [0.717, 1.165) is 11.1 Å². The van der Waals surface area contributed by atoms with Crippen LogP contribution >= 0.6 is 11.6 Å². The van der Waals surface area contributed by atoms with Gasteiger partial charge in [0.1, 0.15) is 0 Å². The molecule has 17 heavy (non-hydrogen) atoms. The molecule has 0 atom stereocenters. The van der Waals surface area contributed by atoms with Gasteiger partial charge in [-0.25, -0.2) is 0 Å². The molecule has 1 aromatic heterocycles. The highest BCUT2D eigenvalue weighted by molar-refractivity contribution is 6.30. The molecule has 0 aliphatic rings. The SMILES string of the molecule is CCOC(=O)CCNc1nnc(Cl)c(C)c1C. The lowest BCUT2D eigenvalue weighted by atomic mass is 10.2. The first-order valence-electron chi connectivity index (χ1n) is 5.45. The van der Waals surface area contributed by atoms with Crippen molar-refractivity contribution in [3.63, 3.8) is 0 Å². The Kier molecular flexibility index (Phi) is 5.15. The average Bonchev–Trinajstić information content (AvgIpc) is 2.29. The minimum Gasteiger partial charge on any atom is -0.466 e. The molecule has 1 N–H and O–H groups in total. The van der Waals surface area contributed by atoms with Crippen LogP contribution in [-0.4, -0.2) is 29.3 Å². The summed E-state index contributed by atoms with van der Waals surface area (Å²) in [4.78, 5) is 11.1. The fraction of sp³-hybridized carbons (Fsp3) is 0.545. The van der Waals surface area contributed by atoms with Gasteiger partial charge in [-0.15, -0.1) is 10.2 Å². The van der Waals surface area contributed by atoms with Crippen LogP contribution in [0.2, 0.25) is 5.15 Å². The van der Waals surface area contributed by atoms with E-state index in [1.54, 1.807) is 6.92 Å². The second-order valence-electron chi connectivity index (χ2n) is 3.57. The van der Waals surface area contributed by atoms with Crippen LogP contribution in [0.25, 0.3) is 0 Å². The van der Waals surface area contributed by atoms with Gasteiger partial charge in [0, 0.05) is 6.54 Å². The van der Waals surface area contributed by atoms with Gasteiger partial charge >= 0.3 is 5.97 Å². The molecule has 1 rings (SSSR count). The van der Waals surface area contributed by atoms with Crippen molar-refractivity contribution in [1.82, 2.24) is 10.2 Å². The van der Waals surface area contributed by atoms with Gasteiger partial charge in [0.25, 0.3) is 0 Å². The third-order valence-electron chi connectivity index (χ3n) is 2.39. The van der Waals surface area contributed by atoms with Crippen molar-refractivity contribution in [2.45, 2.75) is 27.2 Å². The molecule has 0 radical (unpaired) electrons. The number of carbonyl (C=O) groups is 1. The van der Waals surface area contributed by atoms with E-state index in [2.05, 4.69) is 15.5 Å². The van der Waals surface area contributed by atoms with Crippen LogP contribution in [-0.2, 0) is 9.53 Å². The molecule has 1 heterocycles. The molecule has 0 aliphatic heterocycles. The van der Waals surface area contributed by atoms with Gasteiger partial charge in [0.05, 0.1) is 13.0 Å². The number of esters is 1. The first-order chi connectivity index (χ1) is 8.06. The standard InChI is InChI=1S/C11H16ClN3O2/c1-4-17-9(16)5-6-13-11-8(3)7(2)10(12)14-15-11/h4-6H2,1-3H3,(H,13,15). The molecule has 0 unspecified atom stereocenters. The van der Waals surface area contributed by atoms with Crippen molar-refractivity contribution in [1.29, 1.82) is 0 Å². The molecule has 0 aromatic carbocycles. The molecule has 0 aliphatic carbocycles. The zero-order valence-corrected chi connectivity index (χ0v) is 11.0. The van der Waals surface area contributed by atoms with Crippen LogP contribution in [0.4, 0.5) is 5.82 Å². The smallest absolute Gasteiger partial charge is 0.307 e. The Labute approximate surface area is 106 Å². The highest BCUT2D eigenvalue weighted by Gasteiger charge is 2.08. The minimum atomic E-state index is -0.226. The number of hydrogen-bond acceptors (Lipinski definition) is 5. The first-order valence-corrected chi connectivity index (χ1v) is 5.83. The Bertz CT molecular complexity index is 410. The Balaban J connectivity index is 2.53. The highest BCUT2D eigenvalue weighted by atomic mass is 35.5. The maximum absolute atomic E-state index is 11.1. The lowest BCUT2D eigenvalue weighted by molar-refractivity contribution is -0.142. The summed E-state index contributed by atoms with van der Waals surface area (Å²) in [6.45, 7) is 6.43. The average molecular weight is 258 g/mol. The molecule has 0 bridgehead atoms. The van der Waals surface area contributed by atoms with Crippen LogP contribution in [0.1, 0.15) is 24.5 Å². The Morgan fingerprint density at radius 1 is 1.35 bits per heavy atom. The zero-order chi connectivity index (χ0) is 12.8. The van der Waals surface area contributed by atoms with Gasteiger partial charge < -0.3 is 10.1 Å². The Morgan fingerprint density at radius 2 is 2.06 bits per heavy atom. The predicted octanol–water partition coefficient (Wildman–Crippen LogP) is 2.11. The van der Waals surface area contributed by atoms with Crippen molar-refractivity contribution in [3.05, 3.63) is 16.3 Å². The molecule has 0 saturated heterocycles. The Morgan fingerprint density at radius 3 is 2.71 bits per heavy atom. The topological polar surface area (TPSA) is 64.1 Å². The summed E-state index contributed by atoms with van der Waals surface area (Å²) < 4.78 is 4.82. The molecule has 1 aromatic rings. The van der Waals surface area contributed by atoms with Crippen LogP contribution in [0.3, 0.4) is 0 Å². The second-order valence-corrected chi connectivity index (χ2v) is 3.93. The molecule has 0 saturated carbocycles. The molecule has 6 heteroatoms. The zero-order valence-electron chi connectivity index (χ0n) is 10.2. The van der Waals surface area contributed by atoms with Gasteiger partial charge in [-0.1, -0.05) is 11.6 Å². The van der Waals surface area contributed by atoms with Gasteiger partial charge in [-0.05, 0) is 31.9 Å². The summed E-state index contributed by atoms with van der Waals surface area (Å²) >= 11 is 5.84. The van der Waals surface area contributed by atoms with Crippen molar-refractivity contribution in [2.24, 2.45) is 0 Å². The Hall–Kier alpha value is -1.36. The van der Waals surface area contributed by atoms with Crippen LogP contribution in [0, 0.1) is 13.8 Å². The third-order valence-corrected chi connectivity index (χ3v) is 2.75. The largest absolute Gasteiger partial charge is 0.466 e. The number of halogens is 1.